The van der Waals surface area contributed by atoms with Crippen LogP contribution in [0.2, 0.25) is 0 Å². The first-order valence-corrected chi connectivity index (χ1v) is 5.89. The number of piperidine rings is 1. The highest BCUT2D eigenvalue weighted by atomic mass is 35.5. The van der Waals surface area contributed by atoms with Crippen molar-refractivity contribution in [2.75, 3.05) is 17.3 Å². The molecule has 88 valence electrons. The summed E-state index contributed by atoms with van der Waals surface area (Å²) in [4.78, 5) is 5.66. The second-order valence-electron chi connectivity index (χ2n) is 3.96. The molecule has 0 aromatic carbocycles. The second-order valence-corrected chi connectivity index (χ2v) is 4.26. The fourth-order valence-electron chi connectivity index (χ4n) is 2.06. The van der Waals surface area contributed by atoms with Crippen LogP contribution in [0.15, 0.2) is 12.3 Å². The van der Waals surface area contributed by atoms with Crippen molar-refractivity contribution in [1.29, 1.82) is 0 Å². The maximum absolute atomic E-state index is 13.6. The maximum Gasteiger partial charge on any atom is 0.168 e. The summed E-state index contributed by atoms with van der Waals surface area (Å²) in [6.07, 6.45) is 4.06. The molecule has 0 aliphatic carbocycles. The average molecular weight is 247 g/mol. The van der Waals surface area contributed by atoms with Crippen LogP contribution >= 0.6 is 11.6 Å². The fraction of sp³-hybridized carbons (Fsp3) is 0.545. The van der Waals surface area contributed by atoms with Gasteiger partial charge in [-0.25, -0.2) is 13.8 Å². The van der Waals surface area contributed by atoms with E-state index in [0.29, 0.717) is 5.88 Å². The van der Waals surface area contributed by atoms with Crippen LogP contribution in [0.5, 0.6) is 0 Å². The molecular weight excluding hydrogens is 234 g/mol. The van der Waals surface area contributed by atoms with Crippen LogP contribution in [-0.4, -0.2) is 23.5 Å². The standard InChI is InChI=1S/C11H13ClF2N2/c12-6-9-3-1-2-4-16(9)11-10(14)5-8(13)7-15-11/h5,7,9H,1-4,6H2. The SMILES string of the molecule is Fc1cnc(N2CCCCC2CCl)c(F)c1. The van der Waals surface area contributed by atoms with Gasteiger partial charge in [0.25, 0.3) is 0 Å². The van der Waals surface area contributed by atoms with Gasteiger partial charge in [0.05, 0.1) is 6.20 Å². The van der Waals surface area contributed by atoms with Gasteiger partial charge in [0.15, 0.2) is 11.6 Å². The van der Waals surface area contributed by atoms with Gasteiger partial charge in [0.2, 0.25) is 0 Å². The lowest BCUT2D eigenvalue weighted by Crippen LogP contribution is -2.41. The molecule has 1 fully saturated rings. The third-order valence-corrected chi connectivity index (χ3v) is 3.22. The van der Waals surface area contributed by atoms with Crippen molar-refractivity contribution in [3.8, 4) is 0 Å². The second kappa shape index (κ2) is 4.95. The van der Waals surface area contributed by atoms with E-state index >= 15 is 0 Å². The molecule has 16 heavy (non-hydrogen) atoms. The van der Waals surface area contributed by atoms with E-state index in [9.17, 15) is 8.78 Å². The molecule has 0 amide bonds. The van der Waals surface area contributed by atoms with Gasteiger partial charge in [0.1, 0.15) is 5.82 Å². The first-order chi connectivity index (χ1) is 7.72. The summed E-state index contributed by atoms with van der Waals surface area (Å²) in [7, 11) is 0. The van der Waals surface area contributed by atoms with Crippen molar-refractivity contribution >= 4 is 17.4 Å². The van der Waals surface area contributed by atoms with Crippen LogP contribution < -0.4 is 4.90 Å². The minimum Gasteiger partial charge on any atom is -0.350 e. The molecule has 2 nitrogen and oxygen atoms in total. The molecule has 5 heteroatoms. The zero-order valence-electron chi connectivity index (χ0n) is 8.80. The lowest BCUT2D eigenvalue weighted by Gasteiger charge is -2.35. The molecule has 2 rings (SSSR count). The molecule has 0 bridgehead atoms. The van der Waals surface area contributed by atoms with Gasteiger partial charge in [-0.05, 0) is 19.3 Å². The molecule has 0 radical (unpaired) electrons. The van der Waals surface area contributed by atoms with Crippen molar-refractivity contribution in [3.05, 3.63) is 23.9 Å². The van der Waals surface area contributed by atoms with E-state index in [1.54, 1.807) is 0 Å². The van der Waals surface area contributed by atoms with Crippen molar-refractivity contribution in [2.45, 2.75) is 25.3 Å². The minimum absolute atomic E-state index is 0.0999. The van der Waals surface area contributed by atoms with Gasteiger partial charge in [0, 0.05) is 24.5 Å². The van der Waals surface area contributed by atoms with E-state index < -0.39 is 11.6 Å². The monoisotopic (exact) mass is 246 g/mol. The Hall–Kier alpha value is -0.900. The number of pyridine rings is 1. The number of hydrogen-bond donors (Lipinski definition) is 0. The molecule has 2 heterocycles. The number of aromatic nitrogens is 1. The summed E-state index contributed by atoms with van der Waals surface area (Å²) in [5.74, 6) is -0.608. The molecule has 1 aromatic rings. The molecule has 1 aliphatic rings. The van der Waals surface area contributed by atoms with Crippen LogP contribution in [-0.2, 0) is 0 Å². The predicted molar refractivity (Wildman–Crippen MR) is 59.9 cm³/mol. The number of alkyl halides is 1. The van der Waals surface area contributed by atoms with Gasteiger partial charge in [-0.1, -0.05) is 0 Å². The van der Waals surface area contributed by atoms with Gasteiger partial charge >= 0.3 is 0 Å². The van der Waals surface area contributed by atoms with Crippen LogP contribution in [0.25, 0.3) is 0 Å². The average Bonchev–Trinajstić information content (AvgIpc) is 2.29. The highest BCUT2D eigenvalue weighted by molar-refractivity contribution is 6.18. The Morgan fingerprint density at radius 1 is 1.44 bits per heavy atom. The van der Waals surface area contributed by atoms with Gasteiger partial charge in [-0.2, -0.15) is 0 Å². The lowest BCUT2D eigenvalue weighted by atomic mass is 10.0. The molecule has 1 atom stereocenters. The highest BCUT2D eigenvalue weighted by Crippen LogP contribution is 2.26. The van der Waals surface area contributed by atoms with E-state index in [1.807, 2.05) is 4.90 Å². The maximum atomic E-state index is 13.6. The van der Waals surface area contributed by atoms with E-state index in [-0.39, 0.29) is 11.9 Å². The number of nitrogens with zero attached hydrogens (tertiary/aromatic N) is 2. The van der Waals surface area contributed by atoms with Gasteiger partial charge < -0.3 is 4.90 Å². The quantitative estimate of drug-likeness (QED) is 0.746. The van der Waals surface area contributed by atoms with Gasteiger partial charge in [-0.3, -0.25) is 0 Å². The van der Waals surface area contributed by atoms with E-state index in [0.717, 1.165) is 38.1 Å². The molecule has 0 N–H and O–H groups in total. The van der Waals surface area contributed by atoms with Crippen molar-refractivity contribution in [1.82, 2.24) is 4.98 Å². The topological polar surface area (TPSA) is 16.1 Å². The van der Waals surface area contributed by atoms with E-state index in [2.05, 4.69) is 4.98 Å². The zero-order valence-corrected chi connectivity index (χ0v) is 9.55. The normalized spacial score (nSPS) is 21.2. The molecule has 1 unspecified atom stereocenters. The third-order valence-electron chi connectivity index (χ3n) is 2.87. The molecular formula is C11H13ClF2N2. The first-order valence-electron chi connectivity index (χ1n) is 5.36. The van der Waals surface area contributed by atoms with Crippen molar-refractivity contribution in [3.63, 3.8) is 0 Å². The molecule has 1 aromatic heterocycles. The highest BCUT2D eigenvalue weighted by Gasteiger charge is 2.25. The Morgan fingerprint density at radius 3 is 2.94 bits per heavy atom. The summed E-state index contributed by atoms with van der Waals surface area (Å²) in [6.45, 7) is 0.729. The Labute approximate surface area is 98.2 Å². The molecule has 1 saturated heterocycles. The Bertz CT molecular complexity index is 373. The zero-order chi connectivity index (χ0) is 11.5. The van der Waals surface area contributed by atoms with Gasteiger partial charge in [-0.15, -0.1) is 11.6 Å². The van der Waals surface area contributed by atoms with Crippen molar-refractivity contribution < 1.29 is 8.78 Å². The van der Waals surface area contributed by atoms with E-state index in [1.165, 1.54) is 0 Å². The number of anilines is 1. The summed E-state index contributed by atoms with van der Waals surface area (Å²) in [5.41, 5.74) is 0. The van der Waals surface area contributed by atoms with Crippen LogP contribution in [0.3, 0.4) is 0 Å². The minimum atomic E-state index is -0.652. The largest absolute Gasteiger partial charge is 0.350 e. The molecule has 0 saturated carbocycles. The summed E-state index contributed by atoms with van der Waals surface area (Å²) in [6, 6.07) is 0.963. The molecule has 1 aliphatic heterocycles. The van der Waals surface area contributed by atoms with Crippen LogP contribution in [0.4, 0.5) is 14.6 Å². The lowest BCUT2D eigenvalue weighted by molar-refractivity contribution is 0.471. The summed E-state index contributed by atoms with van der Waals surface area (Å²) < 4.78 is 26.3. The fourth-order valence-corrected chi connectivity index (χ4v) is 2.38. The summed E-state index contributed by atoms with van der Waals surface area (Å²) in [5, 5.41) is 0. The predicted octanol–water partition coefficient (Wildman–Crippen LogP) is 2.96. The Balaban J connectivity index is 2.27. The molecule has 0 spiro atoms. The number of rotatable bonds is 2. The third kappa shape index (κ3) is 2.26. The van der Waals surface area contributed by atoms with Crippen molar-refractivity contribution in [2.24, 2.45) is 0 Å². The van der Waals surface area contributed by atoms with E-state index in [4.69, 9.17) is 11.6 Å². The summed E-state index contributed by atoms with van der Waals surface area (Å²) >= 11 is 5.84. The number of hydrogen-bond acceptors (Lipinski definition) is 2. The first kappa shape index (κ1) is 11.6. The Kier molecular flexibility index (Phi) is 3.59. The van der Waals surface area contributed by atoms with Crippen LogP contribution in [0, 0.1) is 11.6 Å². The Morgan fingerprint density at radius 2 is 2.25 bits per heavy atom. The smallest absolute Gasteiger partial charge is 0.168 e. The van der Waals surface area contributed by atoms with Crippen LogP contribution in [0.1, 0.15) is 19.3 Å². The number of halogens is 3.